The zero-order valence-electron chi connectivity index (χ0n) is 13.6. The Labute approximate surface area is 173 Å². The van der Waals surface area contributed by atoms with Gasteiger partial charge < -0.3 is 0 Å². The number of benzene rings is 2. The van der Waals surface area contributed by atoms with E-state index in [2.05, 4.69) is 15.9 Å². The number of aryl methyl sites for hydroxylation is 1. The Morgan fingerprint density at radius 1 is 1.15 bits per heavy atom. The predicted octanol–water partition coefficient (Wildman–Crippen LogP) is 5.59. The first-order chi connectivity index (χ1) is 12.6. The van der Waals surface area contributed by atoms with E-state index < -0.39 is 0 Å². The summed E-state index contributed by atoms with van der Waals surface area (Å²) in [7, 11) is 0. The van der Waals surface area contributed by atoms with E-state index in [4.69, 9.17) is 16.6 Å². The molecule has 0 spiro atoms. The number of thioether (sulfide) groups is 2. The van der Waals surface area contributed by atoms with Gasteiger partial charge in [0.1, 0.15) is 0 Å². The molecule has 0 bridgehead atoms. The van der Waals surface area contributed by atoms with Crippen LogP contribution in [-0.4, -0.2) is 15.3 Å². The first-order valence-electron chi connectivity index (χ1n) is 8.04. The molecule has 1 aliphatic heterocycles. The van der Waals surface area contributed by atoms with Gasteiger partial charge in [-0.25, -0.2) is 4.98 Å². The van der Waals surface area contributed by atoms with Crippen molar-refractivity contribution >= 4 is 51.1 Å². The molecule has 0 aliphatic carbocycles. The lowest BCUT2D eigenvalue weighted by Gasteiger charge is -2.14. The van der Waals surface area contributed by atoms with Gasteiger partial charge in [0.05, 0.1) is 16.3 Å². The lowest BCUT2D eigenvalue weighted by atomic mass is 10.2. The molecule has 1 aliphatic rings. The van der Waals surface area contributed by atoms with Gasteiger partial charge in [0, 0.05) is 27.4 Å². The molecule has 7 heteroatoms. The average molecular weight is 466 g/mol. The van der Waals surface area contributed by atoms with Crippen LogP contribution < -0.4 is 5.56 Å². The van der Waals surface area contributed by atoms with E-state index in [9.17, 15) is 4.79 Å². The summed E-state index contributed by atoms with van der Waals surface area (Å²) >= 11 is 12.6. The molecule has 26 heavy (non-hydrogen) atoms. The van der Waals surface area contributed by atoms with Crippen LogP contribution in [0.15, 0.2) is 67.9 Å². The molecule has 2 heterocycles. The number of nitrogens with zero attached hydrogens (tertiary/aromatic N) is 2. The van der Waals surface area contributed by atoms with Gasteiger partial charge >= 0.3 is 0 Å². The van der Waals surface area contributed by atoms with Crippen molar-refractivity contribution in [2.45, 2.75) is 22.2 Å². The maximum absolute atomic E-state index is 13.1. The molecule has 4 rings (SSSR count). The zero-order chi connectivity index (χ0) is 18.1. The highest BCUT2D eigenvalue weighted by atomic mass is 79.9. The maximum Gasteiger partial charge on any atom is 0.272 e. The number of hydrogen-bond donors (Lipinski definition) is 0. The Morgan fingerprint density at radius 2 is 1.88 bits per heavy atom. The third-order valence-corrected chi connectivity index (χ3v) is 6.93. The van der Waals surface area contributed by atoms with Crippen molar-refractivity contribution in [3.8, 4) is 5.69 Å². The molecule has 132 valence electrons. The summed E-state index contributed by atoms with van der Waals surface area (Å²) in [5.74, 6) is 1.65. The summed E-state index contributed by atoms with van der Waals surface area (Å²) in [6.45, 7) is 0. The van der Waals surface area contributed by atoms with Gasteiger partial charge in [0.2, 0.25) is 0 Å². The highest BCUT2D eigenvalue weighted by molar-refractivity contribution is 9.10. The van der Waals surface area contributed by atoms with Gasteiger partial charge in [-0.3, -0.25) is 9.36 Å². The molecule has 0 fully saturated rings. The summed E-state index contributed by atoms with van der Waals surface area (Å²) in [6, 6.07) is 15.5. The molecule has 0 saturated carbocycles. The summed E-state index contributed by atoms with van der Waals surface area (Å²) in [5, 5.41) is 1.45. The molecular formula is C19H14BrClN2OS2. The quantitative estimate of drug-likeness (QED) is 0.372. The molecule has 1 aromatic heterocycles. The van der Waals surface area contributed by atoms with Crippen molar-refractivity contribution < 1.29 is 0 Å². The number of fused-ring (bicyclic) bond motifs is 1. The van der Waals surface area contributed by atoms with E-state index >= 15 is 0 Å². The minimum Gasteiger partial charge on any atom is -0.268 e. The number of halogens is 2. The van der Waals surface area contributed by atoms with Crippen LogP contribution in [0.25, 0.3) is 5.69 Å². The van der Waals surface area contributed by atoms with Crippen LogP contribution in [-0.2, 0) is 12.2 Å². The van der Waals surface area contributed by atoms with Crippen LogP contribution >= 0.6 is 51.1 Å². The van der Waals surface area contributed by atoms with E-state index in [0.717, 1.165) is 54.4 Å². The van der Waals surface area contributed by atoms with E-state index in [1.54, 1.807) is 28.1 Å². The number of rotatable bonds is 4. The molecule has 0 amide bonds. The van der Waals surface area contributed by atoms with Crippen LogP contribution in [0.4, 0.5) is 0 Å². The average Bonchev–Trinajstić information content (AvgIpc) is 3.11. The van der Waals surface area contributed by atoms with Crippen LogP contribution in [0.3, 0.4) is 0 Å². The van der Waals surface area contributed by atoms with Gasteiger partial charge in [-0.1, -0.05) is 51.4 Å². The molecule has 3 nitrogen and oxygen atoms in total. The first-order valence-corrected chi connectivity index (χ1v) is 11.2. The molecular weight excluding hydrogens is 452 g/mol. The van der Waals surface area contributed by atoms with Gasteiger partial charge in [-0.05, 0) is 42.0 Å². The van der Waals surface area contributed by atoms with Crippen LogP contribution in [0.2, 0.25) is 5.02 Å². The summed E-state index contributed by atoms with van der Waals surface area (Å²) in [5.41, 5.74) is 2.93. The van der Waals surface area contributed by atoms with Crippen molar-refractivity contribution in [3.63, 3.8) is 0 Å². The molecule has 0 unspecified atom stereocenters. The Morgan fingerprint density at radius 3 is 2.62 bits per heavy atom. The predicted molar refractivity (Wildman–Crippen MR) is 113 cm³/mol. The normalized spacial score (nSPS) is 13.0. The molecule has 3 aromatic rings. The topological polar surface area (TPSA) is 34.9 Å². The van der Waals surface area contributed by atoms with Gasteiger partial charge in [-0.15, -0.1) is 11.8 Å². The summed E-state index contributed by atoms with van der Waals surface area (Å²) in [6.07, 6.45) is 0.852. The van der Waals surface area contributed by atoms with Crippen molar-refractivity contribution in [3.05, 3.63) is 79.6 Å². The lowest BCUT2D eigenvalue weighted by Crippen LogP contribution is -2.23. The maximum atomic E-state index is 13.1. The Balaban J connectivity index is 1.75. The van der Waals surface area contributed by atoms with Crippen molar-refractivity contribution in [2.24, 2.45) is 0 Å². The molecule has 0 saturated heterocycles. The smallest absolute Gasteiger partial charge is 0.268 e. The van der Waals surface area contributed by atoms with Crippen molar-refractivity contribution in [1.82, 2.24) is 9.55 Å². The first kappa shape index (κ1) is 18.2. The summed E-state index contributed by atoms with van der Waals surface area (Å²) in [4.78, 5) is 18.7. The molecule has 0 atom stereocenters. The highest BCUT2D eigenvalue weighted by Gasteiger charge is 2.22. The number of aromatic nitrogens is 2. The Bertz CT molecular complexity index is 1000. The minimum atomic E-state index is 0.0263. The standard InChI is InChI=1S/C19H14BrClN2OS2/c20-13-3-7-15(8-4-13)23-18(24)17-16(9-10-25-17)22-19(23)26-11-12-1-5-14(21)6-2-12/h1-8H,9-11H2. The summed E-state index contributed by atoms with van der Waals surface area (Å²) < 4.78 is 2.71. The zero-order valence-corrected chi connectivity index (χ0v) is 17.6. The second-order valence-corrected chi connectivity index (χ2v) is 9.20. The third-order valence-electron chi connectivity index (χ3n) is 4.03. The minimum absolute atomic E-state index is 0.0263. The van der Waals surface area contributed by atoms with Crippen LogP contribution in [0, 0.1) is 0 Å². The molecule has 2 aromatic carbocycles. The van der Waals surface area contributed by atoms with E-state index in [0.29, 0.717) is 0 Å². The molecule has 0 N–H and O–H groups in total. The Hall–Kier alpha value is -1.21. The lowest BCUT2D eigenvalue weighted by molar-refractivity contribution is 0.739. The van der Waals surface area contributed by atoms with Crippen LogP contribution in [0.5, 0.6) is 0 Å². The largest absolute Gasteiger partial charge is 0.272 e. The van der Waals surface area contributed by atoms with Gasteiger partial charge in [0.25, 0.3) is 5.56 Å². The second kappa shape index (κ2) is 7.80. The number of hydrogen-bond acceptors (Lipinski definition) is 4. The fourth-order valence-corrected chi connectivity index (χ4v) is 5.13. The fourth-order valence-electron chi connectivity index (χ4n) is 2.74. The fraction of sp³-hybridized carbons (Fsp3) is 0.158. The SMILES string of the molecule is O=c1c2c(nc(SCc3ccc(Cl)cc3)n1-c1ccc(Br)cc1)CCS2. The Kier molecular flexibility index (Phi) is 5.45. The van der Waals surface area contributed by atoms with Crippen molar-refractivity contribution in [2.75, 3.05) is 5.75 Å². The van der Waals surface area contributed by atoms with Crippen molar-refractivity contribution in [1.29, 1.82) is 0 Å². The van der Waals surface area contributed by atoms with E-state index in [-0.39, 0.29) is 5.56 Å². The second-order valence-electron chi connectivity index (χ2n) is 5.80. The van der Waals surface area contributed by atoms with Gasteiger partial charge in [-0.2, -0.15) is 0 Å². The highest BCUT2D eigenvalue weighted by Crippen LogP contribution is 2.31. The third kappa shape index (κ3) is 3.74. The molecule has 0 radical (unpaired) electrons. The van der Waals surface area contributed by atoms with Gasteiger partial charge in [0.15, 0.2) is 5.16 Å². The van der Waals surface area contributed by atoms with E-state index in [1.807, 2.05) is 48.5 Å². The monoisotopic (exact) mass is 464 g/mol. The van der Waals surface area contributed by atoms with Crippen LogP contribution in [0.1, 0.15) is 11.3 Å². The van der Waals surface area contributed by atoms with E-state index in [1.165, 1.54) is 0 Å².